The quantitative estimate of drug-likeness (QED) is 0.843. The zero-order valence-corrected chi connectivity index (χ0v) is 11.4. The lowest BCUT2D eigenvalue weighted by molar-refractivity contribution is 0.0343. The van der Waals surface area contributed by atoms with Crippen LogP contribution >= 0.6 is 15.9 Å². The van der Waals surface area contributed by atoms with E-state index in [-0.39, 0.29) is 6.23 Å². The van der Waals surface area contributed by atoms with Crippen molar-refractivity contribution in [3.05, 3.63) is 23.5 Å². The molecule has 0 aromatic carbocycles. The maximum absolute atomic E-state index is 7.66. The summed E-state index contributed by atoms with van der Waals surface area (Å²) >= 11 is 3.19. The van der Waals surface area contributed by atoms with E-state index in [9.17, 15) is 0 Å². The molecule has 0 bridgehead atoms. The molecule has 1 aromatic rings. The smallest absolute Gasteiger partial charge is 0.127 e. The number of pyridine rings is 1. The molecule has 5 heteroatoms. The van der Waals surface area contributed by atoms with Gasteiger partial charge in [-0.3, -0.25) is 10.4 Å². The monoisotopic (exact) mass is 297 g/mol. The van der Waals surface area contributed by atoms with Crippen molar-refractivity contribution in [2.24, 2.45) is 0 Å². The van der Waals surface area contributed by atoms with Crippen LogP contribution in [0.2, 0.25) is 0 Å². The third kappa shape index (κ3) is 3.26. The Balaban J connectivity index is 2.17. The molecule has 1 aliphatic heterocycles. The molecule has 0 aliphatic carbocycles. The minimum Gasteiger partial charge on any atom is -0.359 e. The Labute approximate surface area is 109 Å². The number of halogens is 1. The number of rotatable bonds is 3. The highest BCUT2D eigenvalue weighted by Gasteiger charge is 2.16. The van der Waals surface area contributed by atoms with E-state index in [1.807, 2.05) is 13.0 Å². The van der Waals surface area contributed by atoms with Crippen LogP contribution in [0, 0.1) is 12.3 Å². The van der Waals surface area contributed by atoms with Gasteiger partial charge in [0, 0.05) is 29.7 Å². The molecule has 0 saturated carbocycles. The average Bonchev–Trinajstić information content (AvgIpc) is 2.30. The molecule has 1 atom stereocenters. The Morgan fingerprint density at radius 1 is 1.59 bits per heavy atom. The van der Waals surface area contributed by atoms with E-state index in [1.165, 1.54) is 6.42 Å². The Bertz CT molecular complexity index is 416. The number of ether oxygens (including phenoxy) is 1. The van der Waals surface area contributed by atoms with Gasteiger partial charge in [-0.05, 0) is 48.2 Å². The van der Waals surface area contributed by atoms with Crippen LogP contribution in [0.5, 0.6) is 0 Å². The summed E-state index contributed by atoms with van der Waals surface area (Å²) in [6.07, 6.45) is 5.09. The summed E-state index contributed by atoms with van der Waals surface area (Å²) in [7, 11) is 0. The van der Waals surface area contributed by atoms with Gasteiger partial charge in [-0.25, -0.2) is 0 Å². The van der Waals surface area contributed by atoms with Gasteiger partial charge in [-0.15, -0.1) is 0 Å². The Morgan fingerprint density at radius 3 is 3.06 bits per heavy atom. The van der Waals surface area contributed by atoms with E-state index < -0.39 is 0 Å². The molecule has 17 heavy (non-hydrogen) atoms. The summed E-state index contributed by atoms with van der Waals surface area (Å²) in [4.78, 5) is 4.20. The number of hydrogen-bond donors (Lipinski definition) is 2. The predicted octanol–water partition coefficient (Wildman–Crippen LogP) is 3.05. The first-order valence-corrected chi connectivity index (χ1v) is 6.55. The number of aromatic nitrogens is 1. The number of nitrogens with one attached hydrogen (secondary N) is 2. The van der Waals surface area contributed by atoms with Crippen molar-refractivity contribution in [1.82, 2.24) is 4.98 Å². The zero-order valence-electron chi connectivity index (χ0n) is 9.79. The van der Waals surface area contributed by atoms with E-state index in [1.54, 1.807) is 6.20 Å². The van der Waals surface area contributed by atoms with Crippen LogP contribution in [-0.2, 0) is 4.74 Å². The summed E-state index contributed by atoms with van der Waals surface area (Å²) in [6.45, 7) is 2.75. The second-order valence-electron chi connectivity index (χ2n) is 4.18. The first-order chi connectivity index (χ1) is 8.16. The minimum atomic E-state index is 0.0520. The Hall–Kier alpha value is -0.940. The lowest BCUT2D eigenvalue weighted by Crippen LogP contribution is -2.28. The van der Waals surface area contributed by atoms with Crippen LogP contribution in [-0.4, -0.2) is 22.4 Å². The van der Waals surface area contributed by atoms with Gasteiger partial charge in [0.25, 0.3) is 0 Å². The van der Waals surface area contributed by atoms with Crippen LogP contribution in [0.1, 0.15) is 30.5 Å². The lowest BCUT2D eigenvalue weighted by atomic mass is 10.1. The molecule has 2 heterocycles. The van der Waals surface area contributed by atoms with Crippen LogP contribution in [0.3, 0.4) is 0 Å². The van der Waals surface area contributed by atoms with Gasteiger partial charge < -0.3 is 10.1 Å². The van der Waals surface area contributed by atoms with Crippen molar-refractivity contribution >= 4 is 26.2 Å². The molecular formula is C12H16BrN3O. The van der Waals surface area contributed by atoms with Gasteiger partial charge in [0.1, 0.15) is 10.8 Å². The highest BCUT2D eigenvalue weighted by molar-refractivity contribution is 9.18. The molecule has 1 aliphatic rings. The lowest BCUT2D eigenvalue weighted by Gasteiger charge is -2.25. The van der Waals surface area contributed by atoms with Gasteiger partial charge in [0.15, 0.2) is 0 Å². The maximum Gasteiger partial charge on any atom is 0.127 e. The minimum absolute atomic E-state index is 0.0520. The Kier molecular flexibility index (Phi) is 4.12. The van der Waals surface area contributed by atoms with E-state index in [2.05, 4.69) is 26.2 Å². The van der Waals surface area contributed by atoms with Gasteiger partial charge in [0.05, 0.1) is 0 Å². The molecule has 92 valence electrons. The summed E-state index contributed by atoms with van der Waals surface area (Å²) in [6, 6.07) is 1.95. The number of nitrogens with zero attached hydrogens (tertiary/aromatic N) is 1. The molecule has 2 N–H and O–H groups in total. The molecule has 1 aromatic heterocycles. The standard InChI is InChI=1S/C12H16BrN3O/c1-8-6-10(9(7-15-8)12(13)14)16-11-4-2-3-5-17-11/h6-7,11,14H,2-5H2,1H3,(H,15,16). The summed E-state index contributed by atoms with van der Waals surface area (Å²) in [5.74, 6) is 0. The fourth-order valence-electron chi connectivity index (χ4n) is 1.88. The maximum atomic E-state index is 7.66. The second kappa shape index (κ2) is 5.60. The molecular weight excluding hydrogens is 282 g/mol. The molecule has 0 spiro atoms. The van der Waals surface area contributed by atoms with Crippen molar-refractivity contribution in [3.63, 3.8) is 0 Å². The van der Waals surface area contributed by atoms with Crippen molar-refractivity contribution < 1.29 is 4.74 Å². The van der Waals surface area contributed by atoms with Crippen LogP contribution in [0.25, 0.3) is 0 Å². The highest BCUT2D eigenvalue weighted by atomic mass is 79.9. The largest absolute Gasteiger partial charge is 0.359 e. The first kappa shape index (κ1) is 12.5. The third-order valence-corrected chi connectivity index (χ3v) is 3.20. The molecule has 0 radical (unpaired) electrons. The highest BCUT2D eigenvalue weighted by Crippen LogP contribution is 2.22. The summed E-state index contributed by atoms with van der Waals surface area (Å²) in [5, 5.41) is 11.0. The van der Waals surface area contributed by atoms with Crippen molar-refractivity contribution in [2.45, 2.75) is 32.4 Å². The molecule has 1 unspecified atom stereocenters. The van der Waals surface area contributed by atoms with E-state index in [4.69, 9.17) is 10.1 Å². The summed E-state index contributed by atoms with van der Waals surface area (Å²) < 4.78 is 5.98. The predicted molar refractivity (Wildman–Crippen MR) is 71.9 cm³/mol. The summed E-state index contributed by atoms with van der Waals surface area (Å²) in [5.41, 5.74) is 2.61. The third-order valence-electron chi connectivity index (χ3n) is 2.77. The number of anilines is 1. The van der Waals surface area contributed by atoms with Crippen LogP contribution in [0.4, 0.5) is 5.69 Å². The topological polar surface area (TPSA) is 58.0 Å². The second-order valence-corrected chi connectivity index (χ2v) is 4.98. The molecule has 2 rings (SSSR count). The van der Waals surface area contributed by atoms with Crippen LogP contribution < -0.4 is 5.32 Å². The van der Waals surface area contributed by atoms with E-state index in [0.717, 1.165) is 36.4 Å². The van der Waals surface area contributed by atoms with Crippen molar-refractivity contribution in [3.8, 4) is 0 Å². The average molecular weight is 298 g/mol. The number of aryl methyl sites for hydroxylation is 1. The molecule has 1 fully saturated rings. The number of hydrogen-bond acceptors (Lipinski definition) is 4. The van der Waals surface area contributed by atoms with E-state index in [0.29, 0.717) is 4.62 Å². The molecule has 0 amide bonds. The van der Waals surface area contributed by atoms with Crippen molar-refractivity contribution in [2.75, 3.05) is 11.9 Å². The van der Waals surface area contributed by atoms with Gasteiger partial charge >= 0.3 is 0 Å². The fourth-order valence-corrected chi connectivity index (χ4v) is 2.20. The SMILES string of the molecule is Cc1cc(NC2CCCCO2)c(C(=N)Br)cn1. The van der Waals surface area contributed by atoms with Gasteiger partial charge in [-0.1, -0.05) is 0 Å². The first-order valence-electron chi connectivity index (χ1n) is 5.76. The Morgan fingerprint density at radius 2 is 2.41 bits per heavy atom. The molecule has 4 nitrogen and oxygen atoms in total. The van der Waals surface area contributed by atoms with Crippen molar-refractivity contribution in [1.29, 1.82) is 5.41 Å². The van der Waals surface area contributed by atoms with Gasteiger partial charge in [0.2, 0.25) is 0 Å². The zero-order chi connectivity index (χ0) is 12.3. The van der Waals surface area contributed by atoms with E-state index >= 15 is 0 Å². The molecule has 1 saturated heterocycles. The fraction of sp³-hybridized carbons (Fsp3) is 0.500. The van der Waals surface area contributed by atoms with Crippen LogP contribution in [0.15, 0.2) is 12.3 Å². The normalized spacial score (nSPS) is 20.0. The van der Waals surface area contributed by atoms with Gasteiger partial charge in [-0.2, -0.15) is 0 Å².